The molecule has 0 radical (unpaired) electrons. The smallest absolute Gasteiger partial charge is 1.00 e. The zero-order valence-corrected chi connectivity index (χ0v) is 22.9. The van der Waals surface area contributed by atoms with Crippen LogP contribution in [0.3, 0.4) is 0 Å². The summed E-state index contributed by atoms with van der Waals surface area (Å²) in [5, 5.41) is 4.53. The minimum Gasteiger partial charge on any atom is -1.00 e. The van der Waals surface area contributed by atoms with Crippen molar-refractivity contribution in [2.45, 2.75) is 54.0 Å². The Labute approximate surface area is 211 Å². The van der Waals surface area contributed by atoms with Crippen molar-refractivity contribution in [1.82, 2.24) is 0 Å². The zero-order valence-electron chi connectivity index (χ0n) is 18.1. The molecule has 2 aromatic carbocycles. The minimum atomic E-state index is -2.04. The van der Waals surface area contributed by atoms with E-state index in [2.05, 4.69) is 89.7 Å². The largest absolute Gasteiger partial charge is 4.00 e. The van der Waals surface area contributed by atoms with E-state index in [1.54, 1.807) is 0 Å². The molecule has 1 aliphatic rings. The Kier molecular flexibility index (Phi) is 13.4. The SMILES string of the molecule is CCC1=CC[C-]=C1[Si](C)(c1cc(C)cc(C)c1)c1cc(C)cc(C)c1.[Cl-].[Cl-].[Cl-].[Ti+4]. The van der Waals surface area contributed by atoms with Crippen molar-refractivity contribution in [3.63, 3.8) is 0 Å². The van der Waals surface area contributed by atoms with Crippen molar-refractivity contribution in [3.8, 4) is 0 Å². The standard InChI is InChI=1S/C24H29Si.3ClH.Ti/c1-7-21-9-8-10-24(21)25(6,22-13-17(2)11-18(3)14-22)23-15-19(4)12-20(5)16-23;;;;/h9,11-16H,7-8H2,1-6H3;3*1H;/q-1;;;;+4/p-3. The molecule has 0 nitrogen and oxygen atoms in total. The number of allylic oxidation sites excluding steroid dienone is 4. The molecule has 0 bridgehead atoms. The van der Waals surface area contributed by atoms with Gasteiger partial charge in [0.1, 0.15) is 8.07 Å². The van der Waals surface area contributed by atoms with Crippen LogP contribution < -0.4 is 47.6 Å². The summed E-state index contributed by atoms with van der Waals surface area (Å²) in [5.41, 5.74) is 6.95. The van der Waals surface area contributed by atoms with Crippen LogP contribution >= 0.6 is 0 Å². The van der Waals surface area contributed by atoms with Gasteiger partial charge in [-0.3, -0.25) is 6.08 Å². The maximum absolute atomic E-state index is 3.76. The van der Waals surface area contributed by atoms with E-state index in [0.29, 0.717) is 0 Å². The molecule has 0 fully saturated rings. The molecule has 0 aliphatic heterocycles. The average Bonchev–Trinajstić information content (AvgIpc) is 3.01. The predicted octanol–water partition coefficient (Wildman–Crippen LogP) is -3.87. The van der Waals surface area contributed by atoms with Crippen LogP contribution in [0.15, 0.2) is 53.2 Å². The Hall–Kier alpha value is -0.279. The Morgan fingerprint density at radius 2 is 1.14 bits per heavy atom. The van der Waals surface area contributed by atoms with Gasteiger partial charge in [0.15, 0.2) is 0 Å². The second-order valence-corrected chi connectivity index (χ2v) is 11.6. The quantitative estimate of drug-likeness (QED) is 0.298. The van der Waals surface area contributed by atoms with Gasteiger partial charge < -0.3 is 37.2 Å². The fourth-order valence-electron chi connectivity index (χ4n) is 4.29. The summed E-state index contributed by atoms with van der Waals surface area (Å²) < 4.78 is 0. The summed E-state index contributed by atoms with van der Waals surface area (Å²) in [6.45, 7) is 13.7. The van der Waals surface area contributed by atoms with Crippen molar-refractivity contribution < 1.29 is 58.9 Å². The number of benzene rings is 2. The summed E-state index contributed by atoms with van der Waals surface area (Å²) >= 11 is 0. The van der Waals surface area contributed by atoms with Crippen LogP contribution in [0.2, 0.25) is 6.55 Å². The minimum absolute atomic E-state index is 0. The van der Waals surface area contributed by atoms with Gasteiger partial charge >= 0.3 is 21.7 Å². The van der Waals surface area contributed by atoms with Gasteiger partial charge in [0, 0.05) is 0 Å². The van der Waals surface area contributed by atoms with Gasteiger partial charge in [0.2, 0.25) is 0 Å². The number of aryl methyl sites for hydroxylation is 4. The number of hydrogen-bond acceptors (Lipinski definition) is 0. The molecule has 0 spiro atoms. The molecule has 0 amide bonds. The summed E-state index contributed by atoms with van der Waals surface area (Å²) in [5.74, 6) is 0. The van der Waals surface area contributed by atoms with E-state index in [4.69, 9.17) is 0 Å². The van der Waals surface area contributed by atoms with E-state index in [-0.39, 0.29) is 58.9 Å². The first-order chi connectivity index (χ1) is 11.8. The Morgan fingerprint density at radius 3 is 1.48 bits per heavy atom. The first-order valence-electron chi connectivity index (χ1n) is 9.33. The molecular weight excluding hydrogens is 471 g/mol. The molecule has 1 aliphatic carbocycles. The average molecular weight is 500 g/mol. The molecule has 154 valence electrons. The molecule has 0 N–H and O–H groups in total. The maximum Gasteiger partial charge on any atom is 4.00 e. The first kappa shape index (κ1) is 30.9. The van der Waals surface area contributed by atoms with Crippen molar-refractivity contribution in [1.29, 1.82) is 0 Å². The molecule has 0 aromatic heterocycles. The predicted molar refractivity (Wildman–Crippen MR) is 112 cm³/mol. The second-order valence-electron chi connectivity index (χ2n) is 7.72. The van der Waals surface area contributed by atoms with Crippen LogP contribution in [-0.4, -0.2) is 8.07 Å². The van der Waals surface area contributed by atoms with Crippen LogP contribution in [0, 0.1) is 33.8 Å². The van der Waals surface area contributed by atoms with E-state index in [1.807, 2.05) is 0 Å². The van der Waals surface area contributed by atoms with Crippen LogP contribution in [0.1, 0.15) is 42.0 Å². The summed E-state index contributed by atoms with van der Waals surface area (Å²) in [7, 11) is -2.04. The zero-order chi connectivity index (χ0) is 18.2. The Morgan fingerprint density at radius 1 is 0.759 bits per heavy atom. The molecule has 5 heteroatoms. The molecule has 0 saturated carbocycles. The van der Waals surface area contributed by atoms with Gasteiger partial charge in [-0.25, -0.2) is 10.8 Å². The van der Waals surface area contributed by atoms with Crippen molar-refractivity contribution in [3.05, 3.63) is 81.6 Å². The molecule has 0 heterocycles. The van der Waals surface area contributed by atoms with E-state index >= 15 is 0 Å². The van der Waals surface area contributed by atoms with Crippen molar-refractivity contribution in [2.24, 2.45) is 0 Å². The van der Waals surface area contributed by atoms with E-state index in [1.165, 1.54) is 43.4 Å². The third-order valence-corrected chi connectivity index (χ3v) is 9.81. The third kappa shape index (κ3) is 6.35. The van der Waals surface area contributed by atoms with Gasteiger partial charge in [0.05, 0.1) is 0 Å². The number of halogens is 3. The van der Waals surface area contributed by atoms with Gasteiger partial charge in [-0.1, -0.05) is 88.9 Å². The molecular formula is C24H29Cl3SiTi. The van der Waals surface area contributed by atoms with Crippen LogP contribution in [-0.2, 0) is 21.7 Å². The van der Waals surface area contributed by atoms with Gasteiger partial charge in [-0.2, -0.15) is 6.08 Å². The molecule has 2 aromatic rings. The fraction of sp³-hybridized carbons (Fsp3) is 0.333. The van der Waals surface area contributed by atoms with Crippen molar-refractivity contribution in [2.75, 3.05) is 0 Å². The molecule has 29 heavy (non-hydrogen) atoms. The maximum atomic E-state index is 3.76. The molecule has 0 saturated heterocycles. The van der Waals surface area contributed by atoms with E-state index in [9.17, 15) is 0 Å². The van der Waals surface area contributed by atoms with E-state index in [0.717, 1.165) is 12.8 Å². The van der Waals surface area contributed by atoms with Crippen LogP contribution in [0.25, 0.3) is 0 Å². The van der Waals surface area contributed by atoms with Gasteiger partial charge in [0.25, 0.3) is 0 Å². The van der Waals surface area contributed by atoms with Crippen molar-refractivity contribution >= 4 is 18.4 Å². The summed E-state index contributed by atoms with van der Waals surface area (Å²) in [6.07, 6.45) is 8.21. The second kappa shape index (κ2) is 12.5. The number of hydrogen-bond donors (Lipinski definition) is 0. The Balaban J connectivity index is 0. The van der Waals surface area contributed by atoms with E-state index < -0.39 is 8.07 Å². The van der Waals surface area contributed by atoms with Crippen LogP contribution in [0.4, 0.5) is 0 Å². The fourth-order valence-corrected chi connectivity index (χ4v) is 8.65. The van der Waals surface area contributed by atoms with Gasteiger partial charge in [-0.15, -0.1) is 6.42 Å². The Bertz CT molecular complexity index is 796. The first-order valence-corrected chi connectivity index (χ1v) is 11.8. The topological polar surface area (TPSA) is 0 Å². The van der Waals surface area contributed by atoms with Gasteiger partial charge in [-0.05, 0) is 27.7 Å². The molecule has 3 rings (SSSR count). The summed E-state index contributed by atoms with van der Waals surface area (Å²) in [6, 6.07) is 14.2. The van der Waals surface area contributed by atoms with Crippen LogP contribution in [0.5, 0.6) is 0 Å². The third-order valence-electron chi connectivity index (χ3n) is 5.43. The summed E-state index contributed by atoms with van der Waals surface area (Å²) in [4.78, 5) is 0. The normalized spacial score (nSPS) is 12.5. The molecule has 0 atom stereocenters. The molecule has 0 unspecified atom stereocenters. The number of rotatable bonds is 4. The monoisotopic (exact) mass is 498 g/mol.